The molecule has 1 aromatic rings. The van der Waals surface area contributed by atoms with Crippen molar-refractivity contribution in [1.82, 2.24) is 20.6 Å². The highest BCUT2D eigenvalue weighted by Gasteiger charge is 2.01. The summed E-state index contributed by atoms with van der Waals surface area (Å²) >= 11 is 0. The Morgan fingerprint density at radius 3 is 2.73 bits per heavy atom. The molecule has 0 fully saturated rings. The van der Waals surface area contributed by atoms with Crippen LogP contribution in [0.15, 0.2) is 23.5 Å². The van der Waals surface area contributed by atoms with Crippen LogP contribution >= 0.6 is 0 Å². The van der Waals surface area contributed by atoms with Gasteiger partial charge in [-0.25, -0.2) is 14.8 Å². The van der Waals surface area contributed by atoms with E-state index < -0.39 is 6.03 Å². The molecule has 0 aliphatic carbocycles. The van der Waals surface area contributed by atoms with Gasteiger partial charge in [0.25, 0.3) is 0 Å². The van der Waals surface area contributed by atoms with E-state index in [4.69, 9.17) is 5.73 Å². The zero-order chi connectivity index (χ0) is 11.1. The number of aliphatic imine (C=N–C) groups is 1. The van der Waals surface area contributed by atoms with Gasteiger partial charge in [0.05, 0.1) is 6.54 Å². The van der Waals surface area contributed by atoms with Gasteiger partial charge in [-0.05, 0) is 6.07 Å². The molecule has 4 N–H and O–H groups in total. The molecule has 7 nitrogen and oxygen atoms in total. The summed E-state index contributed by atoms with van der Waals surface area (Å²) in [6.45, 7) is 0.369. The molecule has 0 saturated heterocycles. The molecule has 15 heavy (non-hydrogen) atoms. The van der Waals surface area contributed by atoms with Crippen LogP contribution in [0.2, 0.25) is 0 Å². The number of urea groups is 1. The van der Waals surface area contributed by atoms with Crippen LogP contribution < -0.4 is 16.4 Å². The largest absolute Gasteiger partial charge is 0.351 e. The lowest BCUT2D eigenvalue weighted by atomic mass is 10.5. The summed E-state index contributed by atoms with van der Waals surface area (Å²) in [5.74, 6) is 0.889. The Labute approximate surface area is 86.8 Å². The van der Waals surface area contributed by atoms with Crippen LogP contribution in [-0.2, 0) is 6.54 Å². The van der Waals surface area contributed by atoms with Crippen molar-refractivity contribution in [2.45, 2.75) is 6.54 Å². The molecule has 2 amide bonds. The summed E-state index contributed by atoms with van der Waals surface area (Å²) in [7, 11) is 1.53. The highest BCUT2D eigenvalue weighted by Crippen LogP contribution is 1.85. The number of carbonyl (C=O) groups excluding carboxylic acids is 1. The third-order valence-electron chi connectivity index (χ3n) is 1.50. The molecule has 1 heterocycles. The average molecular weight is 208 g/mol. The van der Waals surface area contributed by atoms with Gasteiger partial charge in [0.2, 0.25) is 0 Å². The number of amides is 2. The van der Waals surface area contributed by atoms with Crippen LogP contribution in [-0.4, -0.2) is 29.0 Å². The van der Waals surface area contributed by atoms with Crippen LogP contribution in [0.5, 0.6) is 0 Å². The fourth-order valence-electron chi connectivity index (χ4n) is 0.880. The number of nitrogens with two attached hydrogens (primary N) is 1. The second-order valence-corrected chi connectivity index (χ2v) is 2.58. The third-order valence-corrected chi connectivity index (χ3v) is 1.50. The predicted molar refractivity (Wildman–Crippen MR) is 54.9 cm³/mol. The van der Waals surface area contributed by atoms with Crippen LogP contribution in [0.3, 0.4) is 0 Å². The lowest BCUT2D eigenvalue weighted by molar-refractivity contribution is 0.253. The first kappa shape index (κ1) is 10.9. The summed E-state index contributed by atoms with van der Waals surface area (Å²) in [6, 6.07) is 1.05. The quantitative estimate of drug-likeness (QED) is 0.438. The second-order valence-electron chi connectivity index (χ2n) is 2.58. The zero-order valence-electron chi connectivity index (χ0n) is 8.27. The minimum atomic E-state index is -0.669. The van der Waals surface area contributed by atoms with E-state index in [1.54, 1.807) is 18.5 Å². The summed E-state index contributed by atoms with van der Waals surface area (Å²) in [5.41, 5.74) is 4.94. The zero-order valence-corrected chi connectivity index (χ0v) is 8.27. The lowest BCUT2D eigenvalue weighted by Crippen LogP contribution is -2.43. The van der Waals surface area contributed by atoms with Crippen molar-refractivity contribution in [2.75, 3.05) is 7.05 Å². The molecule has 0 radical (unpaired) electrons. The Morgan fingerprint density at radius 2 is 2.20 bits per heavy atom. The maximum atomic E-state index is 10.5. The number of hydrogen-bond donors (Lipinski definition) is 3. The number of rotatable bonds is 2. The maximum Gasteiger partial charge on any atom is 0.318 e. The molecule has 1 aromatic heterocycles. The van der Waals surface area contributed by atoms with Crippen molar-refractivity contribution in [3.63, 3.8) is 0 Å². The molecule has 0 unspecified atom stereocenters. The number of hydrogen-bond acceptors (Lipinski definition) is 4. The molecule has 0 aliphatic heterocycles. The number of primary amides is 1. The van der Waals surface area contributed by atoms with Crippen LogP contribution in [0, 0.1) is 0 Å². The van der Waals surface area contributed by atoms with Crippen molar-refractivity contribution in [1.29, 1.82) is 0 Å². The second kappa shape index (κ2) is 5.53. The van der Waals surface area contributed by atoms with Crippen molar-refractivity contribution >= 4 is 12.0 Å². The molecule has 0 aromatic carbocycles. The minimum Gasteiger partial charge on any atom is -0.351 e. The van der Waals surface area contributed by atoms with Gasteiger partial charge in [-0.1, -0.05) is 0 Å². The fourth-order valence-corrected chi connectivity index (χ4v) is 0.880. The number of guanidine groups is 1. The van der Waals surface area contributed by atoms with Gasteiger partial charge < -0.3 is 11.1 Å². The molecule has 1 rings (SSSR count). The van der Waals surface area contributed by atoms with Gasteiger partial charge in [0.1, 0.15) is 5.82 Å². The molecule has 80 valence electrons. The van der Waals surface area contributed by atoms with E-state index in [-0.39, 0.29) is 5.96 Å². The Kier molecular flexibility index (Phi) is 4.02. The smallest absolute Gasteiger partial charge is 0.318 e. The van der Waals surface area contributed by atoms with Gasteiger partial charge in [0.15, 0.2) is 5.96 Å². The molecule has 0 spiro atoms. The number of nitrogens with one attached hydrogen (secondary N) is 2. The van der Waals surface area contributed by atoms with Gasteiger partial charge in [-0.3, -0.25) is 10.3 Å². The molecule has 0 atom stereocenters. The minimum absolute atomic E-state index is 0.287. The van der Waals surface area contributed by atoms with Crippen molar-refractivity contribution in [3.05, 3.63) is 24.3 Å². The van der Waals surface area contributed by atoms with Crippen LogP contribution in [0.25, 0.3) is 0 Å². The Balaban J connectivity index is 2.45. The molecule has 7 heteroatoms. The third kappa shape index (κ3) is 4.03. The fraction of sp³-hybridized carbons (Fsp3) is 0.250. The SMILES string of the molecule is CN=C(NCc1ncccn1)NC(N)=O. The monoisotopic (exact) mass is 208 g/mol. The van der Waals surface area contributed by atoms with Gasteiger partial charge >= 0.3 is 6.03 Å². The lowest BCUT2D eigenvalue weighted by Gasteiger charge is -2.07. The van der Waals surface area contributed by atoms with E-state index in [1.165, 1.54) is 7.05 Å². The number of aromatic nitrogens is 2. The van der Waals surface area contributed by atoms with Crippen LogP contribution in [0.4, 0.5) is 4.79 Å². The topological polar surface area (TPSA) is 105 Å². The maximum absolute atomic E-state index is 10.5. The molecule has 0 saturated carbocycles. The molecule has 0 aliphatic rings. The number of carbonyl (C=O) groups is 1. The van der Waals surface area contributed by atoms with E-state index in [9.17, 15) is 4.79 Å². The normalized spacial score (nSPS) is 10.9. The highest BCUT2D eigenvalue weighted by molar-refractivity contribution is 5.95. The van der Waals surface area contributed by atoms with Gasteiger partial charge in [-0.2, -0.15) is 0 Å². The Morgan fingerprint density at radius 1 is 1.53 bits per heavy atom. The van der Waals surface area contributed by atoms with E-state index in [2.05, 4.69) is 25.6 Å². The first-order chi connectivity index (χ1) is 7.22. The van der Waals surface area contributed by atoms with E-state index in [0.29, 0.717) is 12.4 Å². The first-order valence-electron chi connectivity index (χ1n) is 4.25. The average Bonchev–Trinajstić information content (AvgIpc) is 2.25. The summed E-state index contributed by atoms with van der Waals surface area (Å²) in [4.78, 5) is 22.3. The molecular formula is C8H12N6O. The van der Waals surface area contributed by atoms with Gasteiger partial charge in [-0.15, -0.1) is 0 Å². The number of nitrogens with zero attached hydrogens (tertiary/aromatic N) is 3. The van der Waals surface area contributed by atoms with E-state index in [0.717, 1.165) is 0 Å². The van der Waals surface area contributed by atoms with Crippen molar-refractivity contribution < 1.29 is 4.79 Å². The predicted octanol–water partition coefficient (Wildman–Crippen LogP) is -0.780. The van der Waals surface area contributed by atoms with Crippen molar-refractivity contribution in [3.8, 4) is 0 Å². The van der Waals surface area contributed by atoms with Crippen molar-refractivity contribution in [2.24, 2.45) is 10.7 Å². The van der Waals surface area contributed by atoms with E-state index in [1.807, 2.05) is 0 Å². The van der Waals surface area contributed by atoms with Crippen LogP contribution in [0.1, 0.15) is 5.82 Å². The molecular weight excluding hydrogens is 196 g/mol. The summed E-state index contributed by atoms with van der Waals surface area (Å²) in [5, 5.41) is 5.15. The van der Waals surface area contributed by atoms with Gasteiger partial charge in [0, 0.05) is 19.4 Å². The standard InChI is InChI=1S/C8H12N6O/c1-10-8(14-7(9)15)13-5-6-11-3-2-4-12-6/h2-4H,5H2,1H3,(H4,9,10,13,14,15). The summed E-state index contributed by atoms with van der Waals surface area (Å²) in [6.07, 6.45) is 3.27. The Bertz CT molecular complexity index is 349. The highest BCUT2D eigenvalue weighted by atomic mass is 16.2. The summed E-state index contributed by atoms with van der Waals surface area (Å²) < 4.78 is 0. The van der Waals surface area contributed by atoms with E-state index >= 15 is 0 Å². The Hall–Kier alpha value is -2.18. The first-order valence-corrected chi connectivity index (χ1v) is 4.25. The molecule has 0 bridgehead atoms.